The highest BCUT2D eigenvalue weighted by Crippen LogP contribution is 2.59. The second-order valence-corrected chi connectivity index (χ2v) is 5.58. The van der Waals surface area contributed by atoms with E-state index in [0.717, 1.165) is 9.67 Å². The summed E-state index contributed by atoms with van der Waals surface area (Å²) in [5.41, 5.74) is 0. The molecule has 0 radical (unpaired) electrons. The van der Waals surface area contributed by atoms with Gasteiger partial charge in [-0.05, 0) is 11.2 Å². The van der Waals surface area contributed by atoms with Crippen LogP contribution in [0.3, 0.4) is 0 Å². The van der Waals surface area contributed by atoms with Crippen LogP contribution in [0, 0.1) is 0 Å². The van der Waals surface area contributed by atoms with Crippen molar-refractivity contribution in [3.8, 4) is 0 Å². The first-order valence-electron chi connectivity index (χ1n) is 3.66. The molecule has 7 nitrogen and oxygen atoms in total. The summed E-state index contributed by atoms with van der Waals surface area (Å²) in [6.45, 7) is -2.03. The summed E-state index contributed by atoms with van der Waals surface area (Å²) in [4.78, 5) is 20.4. The van der Waals surface area contributed by atoms with Gasteiger partial charge < -0.3 is 0 Å². The molecule has 2 saturated heterocycles. The van der Waals surface area contributed by atoms with E-state index in [9.17, 15) is 4.57 Å². The fourth-order valence-corrected chi connectivity index (χ4v) is 2.68. The fraction of sp³-hybridized carbons (Fsp3) is 1.00. The van der Waals surface area contributed by atoms with E-state index in [0.29, 0.717) is 26.3 Å². The lowest BCUT2D eigenvalue weighted by atomic mass is 10.8. The highest BCUT2D eigenvalue weighted by molar-refractivity contribution is 7.85. The van der Waals surface area contributed by atoms with Crippen LogP contribution < -0.4 is 0 Å². The Labute approximate surface area is 79.1 Å². The fourth-order valence-electron chi connectivity index (χ4n) is 0.942. The molecule has 2 aliphatic heterocycles. The van der Waals surface area contributed by atoms with E-state index >= 15 is 0 Å². The first kappa shape index (κ1) is 9.82. The summed E-state index contributed by atoms with van der Waals surface area (Å²) >= 11 is 5.75. The van der Waals surface area contributed by atoms with Crippen molar-refractivity contribution < 1.29 is 24.3 Å². The smallest absolute Gasteiger partial charge is 0.266 e. The number of rotatable bonds is 2. The molecule has 0 amide bonds. The van der Waals surface area contributed by atoms with Gasteiger partial charge >= 0.3 is 6.80 Å². The van der Waals surface area contributed by atoms with Gasteiger partial charge in [-0.1, -0.05) is 9.67 Å². The first-order valence-corrected chi connectivity index (χ1v) is 6.18. The summed E-state index contributed by atoms with van der Waals surface area (Å²) < 4.78 is 11.8. The largest absolute Gasteiger partial charge is 0.354 e. The molecule has 0 spiro atoms. The molecule has 2 rings (SSSR count). The third-order valence-electron chi connectivity index (χ3n) is 1.56. The summed E-state index contributed by atoms with van der Waals surface area (Å²) in [6.07, 6.45) is 0. The lowest BCUT2D eigenvalue weighted by Gasteiger charge is -2.22. The van der Waals surface area contributed by atoms with Crippen molar-refractivity contribution in [1.82, 2.24) is 9.67 Å². The van der Waals surface area contributed by atoms with Crippen molar-refractivity contribution in [2.75, 3.05) is 26.3 Å². The van der Waals surface area contributed by atoms with Crippen molar-refractivity contribution in [2.45, 2.75) is 0 Å². The molecule has 0 unspecified atom stereocenters. The Morgan fingerprint density at radius 1 is 1.08 bits per heavy atom. The summed E-state index contributed by atoms with van der Waals surface area (Å²) in [5.74, 6) is 0. The minimum atomic E-state index is -3.34. The average Bonchev–Trinajstić information content (AvgIpc) is 2.78. The normalized spacial score (nSPS) is 27.2. The minimum Gasteiger partial charge on any atom is -0.266 e. The number of nitrogens with zero attached hydrogens (tertiary/aromatic N) is 2. The number of hydrogen-bond acceptors (Lipinski definition) is 5. The Kier molecular flexibility index (Phi) is 2.87. The molecule has 0 aromatic heterocycles. The minimum absolute atomic E-state index is 0.325. The van der Waals surface area contributed by atoms with Gasteiger partial charge in [0.25, 0.3) is 0 Å². The van der Waals surface area contributed by atoms with Crippen molar-refractivity contribution in [3.63, 3.8) is 0 Å². The third kappa shape index (κ3) is 1.88. The van der Waals surface area contributed by atoms with E-state index in [2.05, 4.69) is 19.8 Å². The molecular formula is C4H8ClN2O5P. The molecule has 13 heavy (non-hydrogen) atoms. The zero-order chi connectivity index (χ0) is 9.31. The molecule has 0 bridgehead atoms. The molecule has 0 atom stereocenters. The molecule has 76 valence electrons. The van der Waals surface area contributed by atoms with Crippen LogP contribution in [-0.4, -0.2) is 36.0 Å². The van der Waals surface area contributed by atoms with Gasteiger partial charge in [0.2, 0.25) is 0 Å². The van der Waals surface area contributed by atoms with Crippen molar-refractivity contribution in [1.29, 1.82) is 0 Å². The molecule has 9 heteroatoms. The molecule has 0 aromatic carbocycles. The van der Waals surface area contributed by atoms with Crippen LogP contribution in [0.15, 0.2) is 0 Å². The number of hydroxylamine groups is 2. The second-order valence-electron chi connectivity index (χ2n) is 2.42. The van der Waals surface area contributed by atoms with E-state index in [4.69, 9.17) is 11.2 Å². The maximum atomic E-state index is 11.8. The molecule has 0 aliphatic carbocycles. The molecule has 0 saturated carbocycles. The van der Waals surface area contributed by atoms with Crippen LogP contribution in [0.2, 0.25) is 0 Å². The van der Waals surface area contributed by atoms with Gasteiger partial charge in [-0.3, -0.25) is 4.57 Å². The summed E-state index contributed by atoms with van der Waals surface area (Å²) in [6, 6.07) is 0. The van der Waals surface area contributed by atoms with Crippen LogP contribution in [0.4, 0.5) is 0 Å². The second kappa shape index (κ2) is 3.80. The van der Waals surface area contributed by atoms with Crippen molar-refractivity contribution in [2.24, 2.45) is 0 Å². The molecule has 0 N–H and O–H groups in total. The van der Waals surface area contributed by atoms with E-state index in [-0.39, 0.29) is 0 Å². The van der Waals surface area contributed by atoms with Crippen LogP contribution >= 0.6 is 18.0 Å². The lowest BCUT2D eigenvalue weighted by molar-refractivity contribution is -0.359. The number of halogens is 1. The molecule has 0 aromatic rings. The lowest BCUT2D eigenvalue weighted by Crippen LogP contribution is -2.24. The van der Waals surface area contributed by atoms with Gasteiger partial charge in [-0.15, -0.1) is 9.98 Å². The Bertz CT molecular complexity index is 209. The summed E-state index contributed by atoms with van der Waals surface area (Å²) in [7, 11) is 0. The van der Waals surface area contributed by atoms with Gasteiger partial charge in [0, 0.05) is 0 Å². The highest BCUT2D eigenvalue weighted by atomic mass is 35.7. The Morgan fingerprint density at radius 3 is 1.85 bits per heavy atom. The Hall–Kier alpha value is 0.280. The zero-order valence-electron chi connectivity index (χ0n) is 6.59. The molecule has 2 heterocycles. The van der Waals surface area contributed by atoms with Gasteiger partial charge in [0.1, 0.15) is 0 Å². The molecular weight excluding hydrogens is 222 g/mol. The monoisotopic (exact) mass is 230 g/mol. The van der Waals surface area contributed by atoms with Crippen LogP contribution in [0.1, 0.15) is 0 Å². The van der Waals surface area contributed by atoms with E-state index < -0.39 is 6.80 Å². The number of hydrogen-bond donors (Lipinski definition) is 0. The predicted octanol–water partition coefficient (Wildman–Crippen LogP) is 0.691. The molecule has 2 aliphatic rings. The van der Waals surface area contributed by atoms with E-state index in [1.165, 1.54) is 0 Å². The van der Waals surface area contributed by atoms with E-state index in [1.54, 1.807) is 0 Å². The quantitative estimate of drug-likeness (QED) is 0.511. The van der Waals surface area contributed by atoms with Crippen LogP contribution in [-0.2, 0) is 24.3 Å². The molecule has 2 fully saturated rings. The predicted molar refractivity (Wildman–Crippen MR) is 40.9 cm³/mol. The van der Waals surface area contributed by atoms with E-state index in [1.807, 2.05) is 0 Å². The average molecular weight is 231 g/mol. The first-order chi connectivity index (χ1) is 6.21. The Balaban J connectivity index is 2.04. The van der Waals surface area contributed by atoms with Crippen LogP contribution in [0.25, 0.3) is 0 Å². The third-order valence-corrected chi connectivity index (χ3v) is 4.21. The summed E-state index contributed by atoms with van der Waals surface area (Å²) in [5, 5.41) is 0. The highest BCUT2D eigenvalue weighted by Gasteiger charge is 2.43. The maximum absolute atomic E-state index is 11.8. The topological polar surface area (TPSA) is 60.5 Å². The van der Waals surface area contributed by atoms with Crippen LogP contribution in [0.5, 0.6) is 0 Å². The van der Waals surface area contributed by atoms with Crippen molar-refractivity contribution >= 4 is 18.0 Å². The maximum Gasteiger partial charge on any atom is 0.354 e. The standard InChI is InChI=1S/C4H8ClN2O5P/c5-13(8,6-1-3-9-11-6)7-2-4-10-12-7/h1-4H2. The van der Waals surface area contributed by atoms with Gasteiger partial charge in [0.15, 0.2) is 0 Å². The Morgan fingerprint density at radius 2 is 1.54 bits per heavy atom. The SMILES string of the molecule is O=P(Cl)(N1CCOO1)N1CCOO1. The van der Waals surface area contributed by atoms with Gasteiger partial charge in [0.05, 0.1) is 26.3 Å². The van der Waals surface area contributed by atoms with Crippen molar-refractivity contribution in [3.05, 3.63) is 0 Å². The zero-order valence-corrected chi connectivity index (χ0v) is 8.24. The van der Waals surface area contributed by atoms with Gasteiger partial charge in [-0.2, -0.15) is 0 Å². The van der Waals surface area contributed by atoms with Gasteiger partial charge in [-0.25, -0.2) is 9.78 Å².